The summed E-state index contributed by atoms with van der Waals surface area (Å²) in [7, 11) is 0. The van der Waals surface area contributed by atoms with Crippen molar-refractivity contribution in [3.8, 4) is 0 Å². The van der Waals surface area contributed by atoms with Crippen molar-refractivity contribution in [1.29, 1.82) is 0 Å². The summed E-state index contributed by atoms with van der Waals surface area (Å²) < 4.78 is 1.97. The second kappa shape index (κ2) is 4.16. The number of aryl methyl sites for hydroxylation is 2. The average molecular weight is 221 g/mol. The van der Waals surface area contributed by atoms with Gasteiger partial charge in [-0.15, -0.1) is 0 Å². The number of rotatable bonds is 3. The lowest BCUT2D eigenvalue weighted by Crippen LogP contribution is -2.16. The van der Waals surface area contributed by atoms with Crippen molar-refractivity contribution >= 4 is 11.3 Å². The molecule has 0 aliphatic heterocycles. The molecule has 2 aromatic heterocycles. The van der Waals surface area contributed by atoms with E-state index in [1.807, 2.05) is 11.6 Å². The molecule has 3 nitrogen and oxygen atoms in total. The van der Waals surface area contributed by atoms with Gasteiger partial charge in [0, 0.05) is 6.54 Å². The maximum atomic E-state index is 6.20. The largest absolute Gasteiger partial charge is 0.319 e. The van der Waals surface area contributed by atoms with Crippen LogP contribution < -0.4 is 5.73 Å². The molecule has 0 saturated heterocycles. The van der Waals surface area contributed by atoms with Crippen molar-refractivity contribution in [3.05, 3.63) is 39.8 Å². The molecule has 0 saturated carbocycles. The van der Waals surface area contributed by atoms with Crippen LogP contribution in [-0.4, -0.2) is 9.78 Å². The summed E-state index contributed by atoms with van der Waals surface area (Å²) in [6.45, 7) is 4.94. The topological polar surface area (TPSA) is 43.8 Å². The molecule has 4 heteroatoms. The highest BCUT2D eigenvalue weighted by molar-refractivity contribution is 7.07. The van der Waals surface area contributed by atoms with Gasteiger partial charge < -0.3 is 5.73 Å². The predicted octanol–water partition coefficient (Wildman–Crippen LogP) is 2.32. The fraction of sp³-hybridized carbons (Fsp3) is 0.364. The SMILES string of the molecule is CCn1nc(C)cc1C(N)c1ccsc1. The Bertz CT molecular complexity index is 431. The van der Waals surface area contributed by atoms with Crippen molar-refractivity contribution in [1.82, 2.24) is 9.78 Å². The Morgan fingerprint density at radius 1 is 1.60 bits per heavy atom. The zero-order valence-electron chi connectivity index (χ0n) is 8.97. The second-order valence-electron chi connectivity index (χ2n) is 3.56. The van der Waals surface area contributed by atoms with E-state index in [2.05, 4.69) is 34.9 Å². The van der Waals surface area contributed by atoms with Gasteiger partial charge in [-0.25, -0.2) is 0 Å². The standard InChI is InChI=1S/C11H15N3S/c1-3-14-10(6-8(2)13-14)11(12)9-4-5-15-7-9/h4-7,11H,3,12H2,1-2H3. The molecule has 80 valence electrons. The Morgan fingerprint density at radius 2 is 2.40 bits per heavy atom. The van der Waals surface area contributed by atoms with E-state index < -0.39 is 0 Å². The summed E-state index contributed by atoms with van der Waals surface area (Å²) in [5.74, 6) is 0. The lowest BCUT2D eigenvalue weighted by Gasteiger charge is -2.11. The number of hydrogen-bond donors (Lipinski definition) is 1. The van der Waals surface area contributed by atoms with Crippen LogP contribution in [0.4, 0.5) is 0 Å². The quantitative estimate of drug-likeness (QED) is 0.864. The van der Waals surface area contributed by atoms with Crippen molar-refractivity contribution in [2.45, 2.75) is 26.4 Å². The minimum Gasteiger partial charge on any atom is -0.319 e. The normalized spacial score (nSPS) is 13.0. The Kier molecular flexibility index (Phi) is 2.88. The van der Waals surface area contributed by atoms with Gasteiger partial charge >= 0.3 is 0 Å². The Hall–Kier alpha value is -1.13. The van der Waals surface area contributed by atoms with E-state index in [1.54, 1.807) is 11.3 Å². The van der Waals surface area contributed by atoms with Gasteiger partial charge in [0.15, 0.2) is 0 Å². The van der Waals surface area contributed by atoms with E-state index in [-0.39, 0.29) is 6.04 Å². The Morgan fingerprint density at radius 3 is 3.00 bits per heavy atom. The third-order valence-corrected chi connectivity index (χ3v) is 3.16. The third-order valence-electron chi connectivity index (χ3n) is 2.45. The molecule has 2 aromatic rings. The minimum absolute atomic E-state index is 0.0580. The summed E-state index contributed by atoms with van der Waals surface area (Å²) in [4.78, 5) is 0. The van der Waals surface area contributed by atoms with Crippen molar-refractivity contribution in [3.63, 3.8) is 0 Å². The molecular weight excluding hydrogens is 206 g/mol. The van der Waals surface area contributed by atoms with Crippen LogP contribution in [0.15, 0.2) is 22.9 Å². The highest BCUT2D eigenvalue weighted by atomic mass is 32.1. The molecule has 1 atom stereocenters. The van der Waals surface area contributed by atoms with Crippen LogP contribution in [0.5, 0.6) is 0 Å². The molecule has 0 amide bonds. The van der Waals surface area contributed by atoms with Gasteiger partial charge in [0.05, 0.1) is 17.4 Å². The minimum atomic E-state index is -0.0580. The van der Waals surface area contributed by atoms with Gasteiger partial charge in [-0.2, -0.15) is 16.4 Å². The molecule has 2 N–H and O–H groups in total. The first kappa shape index (κ1) is 10.4. The van der Waals surface area contributed by atoms with Crippen LogP contribution in [-0.2, 0) is 6.54 Å². The number of aromatic nitrogens is 2. The average Bonchev–Trinajstić information content (AvgIpc) is 2.84. The van der Waals surface area contributed by atoms with Crippen LogP contribution in [0, 0.1) is 6.92 Å². The molecule has 0 aliphatic rings. The Balaban J connectivity index is 2.36. The van der Waals surface area contributed by atoms with E-state index in [9.17, 15) is 0 Å². The van der Waals surface area contributed by atoms with Crippen molar-refractivity contribution < 1.29 is 0 Å². The van der Waals surface area contributed by atoms with Crippen molar-refractivity contribution in [2.24, 2.45) is 5.73 Å². The smallest absolute Gasteiger partial charge is 0.0731 e. The van der Waals surface area contributed by atoms with Crippen LogP contribution in [0.3, 0.4) is 0 Å². The first-order chi connectivity index (χ1) is 7.22. The zero-order valence-corrected chi connectivity index (χ0v) is 9.79. The number of thiophene rings is 1. The fourth-order valence-corrected chi connectivity index (χ4v) is 2.39. The summed E-state index contributed by atoms with van der Waals surface area (Å²) in [6.07, 6.45) is 0. The monoisotopic (exact) mass is 221 g/mol. The maximum Gasteiger partial charge on any atom is 0.0731 e. The number of hydrogen-bond acceptors (Lipinski definition) is 3. The first-order valence-electron chi connectivity index (χ1n) is 5.04. The van der Waals surface area contributed by atoms with Crippen LogP contribution in [0.1, 0.15) is 29.9 Å². The highest BCUT2D eigenvalue weighted by Gasteiger charge is 2.14. The van der Waals surface area contributed by atoms with Gasteiger partial charge in [0.25, 0.3) is 0 Å². The lowest BCUT2D eigenvalue weighted by atomic mass is 10.1. The van der Waals surface area contributed by atoms with Gasteiger partial charge in [-0.05, 0) is 42.3 Å². The predicted molar refractivity (Wildman–Crippen MR) is 63.0 cm³/mol. The van der Waals surface area contributed by atoms with Crippen LogP contribution >= 0.6 is 11.3 Å². The van der Waals surface area contributed by atoms with E-state index >= 15 is 0 Å². The second-order valence-corrected chi connectivity index (χ2v) is 4.34. The van der Waals surface area contributed by atoms with E-state index in [0.717, 1.165) is 23.5 Å². The molecule has 2 rings (SSSR count). The van der Waals surface area contributed by atoms with Crippen molar-refractivity contribution in [2.75, 3.05) is 0 Å². The lowest BCUT2D eigenvalue weighted by molar-refractivity contribution is 0.598. The molecule has 0 aromatic carbocycles. The van der Waals surface area contributed by atoms with Gasteiger partial charge in [0.1, 0.15) is 0 Å². The third kappa shape index (κ3) is 1.96. The molecular formula is C11H15N3S. The molecule has 0 bridgehead atoms. The first-order valence-corrected chi connectivity index (χ1v) is 5.98. The van der Waals surface area contributed by atoms with Gasteiger partial charge in [0.2, 0.25) is 0 Å². The summed E-state index contributed by atoms with van der Waals surface area (Å²) in [6, 6.07) is 4.07. The molecule has 0 radical (unpaired) electrons. The summed E-state index contributed by atoms with van der Waals surface area (Å²) in [5, 5.41) is 8.54. The van der Waals surface area contributed by atoms with Gasteiger partial charge in [-0.1, -0.05) is 0 Å². The fourth-order valence-electron chi connectivity index (χ4n) is 1.69. The Labute approximate surface area is 93.5 Å². The maximum absolute atomic E-state index is 6.20. The summed E-state index contributed by atoms with van der Waals surface area (Å²) >= 11 is 1.67. The number of nitrogens with two attached hydrogens (primary N) is 1. The molecule has 0 spiro atoms. The van der Waals surface area contributed by atoms with E-state index in [1.165, 1.54) is 0 Å². The highest BCUT2D eigenvalue weighted by Crippen LogP contribution is 2.22. The molecule has 2 heterocycles. The molecule has 0 aliphatic carbocycles. The molecule has 1 unspecified atom stereocenters. The zero-order chi connectivity index (χ0) is 10.8. The van der Waals surface area contributed by atoms with Crippen LogP contribution in [0.25, 0.3) is 0 Å². The van der Waals surface area contributed by atoms with Gasteiger partial charge in [-0.3, -0.25) is 4.68 Å². The summed E-state index contributed by atoms with van der Waals surface area (Å²) in [5.41, 5.74) is 9.47. The van der Waals surface area contributed by atoms with Crippen LogP contribution in [0.2, 0.25) is 0 Å². The molecule has 0 fully saturated rings. The molecule has 15 heavy (non-hydrogen) atoms. The number of nitrogens with zero attached hydrogens (tertiary/aromatic N) is 2. The van der Waals surface area contributed by atoms with E-state index in [4.69, 9.17) is 5.73 Å². The van der Waals surface area contributed by atoms with E-state index in [0.29, 0.717) is 0 Å².